The minimum atomic E-state index is -0.628. The molecule has 0 spiro atoms. The molecular formula is C15H22O4. The van der Waals surface area contributed by atoms with Crippen LogP contribution in [0.2, 0.25) is 0 Å². The topological polar surface area (TPSA) is 60.4 Å². The van der Waals surface area contributed by atoms with Gasteiger partial charge < -0.3 is 4.74 Å². The Morgan fingerprint density at radius 3 is 2.11 bits per heavy atom. The van der Waals surface area contributed by atoms with Gasteiger partial charge in [-0.1, -0.05) is 13.8 Å². The Morgan fingerprint density at radius 1 is 1.11 bits per heavy atom. The molecule has 0 saturated heterocycles. The summed E-state index contributed by atoms with van der Waals surface area (Å²) in [6.45, 7) is 8.57. The van der Waals surface area contributed by atoms with E-state index in [2.05, 4.69) is 0 Å². The quantitative estimate of drug-likeness (QED) is 0.734. The first-order valence-corrected chi connectivity index (χ1v) is 6.85. The summed E-state index contributed by atoms with van der Waals surface area (Å²) in [7, 11) is 0. The van der Waals surface area contributed by atoms with Crippen LogP contribution in [0.4, 0.5) is 0 Å². The van der Waals surface area contributed by atoms with Gasteiger partial charge in [0.05, 0.1) is 5.41 Å². The number of ether oxygens (including phenoxy) is 1. The van der Waals surface area contributed by atoms with Crippen molar-refractivity contribution in [1.29, 1.82) is 0 Å². The standard InChI is InChI=1S/C15H22O4/c1-8(16)12-13-11(19-10(3)18)6-7-14(4,5)15(12,13)9(2)17/h11-13H,6-7H2,1-5H3. The van der Waals surface area contributed by atoms with Crippen molar-refractivity contribution < 1.29 is 19.1 Å². The lowest BCUT2D eigenvalue weighted by atomic mass is 9.64. The Morgan fingerprint density at radius 2 is 1.68 bits per heavy atom. The van der Waals surface area contributed by atoms with Crippen LogP contribution in [-0.4, -0.2) is 23.6 Å². The first-order chi connectivity index (χ1) is 8.66. The van der Waals surface area contributed by atoms with Gasteiger partial charge in [-0.15, -0.1) is 0 Å². The molecule has 4 unspecified atom stereocenters. The smallest absolute Gasteiger partial charge is 0.302 e. The van der Waals surface area contributed by atoms with E-state index < -0.39 is 5.41 Å². The first kappa shape index (κ1) is 14.2. The molecule has 0 radical (unpaired) electrons. The van der Waals surface area contributed by atoms with Crippen molar-refractivity contribution in [2.45, 2.75) is 53.6 Å². The van der Waals surface area contributed by atoms with E-state index in [1.807, 2.05) is 13.8 Å². The summed E-state index contributed by atoms with van der Waals surface area (Å²) in [5.41, 5.74) is -0.840. The normalized spacial score (nSPS) is 39.1. The molecular weight excluding hydrogens is 244 g/mol. The average Bonchev–Trinajstić information content (AvgIpc) is 2.94. The minimum absolute atomic E-state index is 0.0346. The first-order valence-electron chi connectivity index (χ1n) is 6.85. The lowest BCUT2D eigenvalue weighted by molar-refractivity contribution is -0.153. The Balaban J connectivity index is 2.41. The second-order valence-corrected chi connectivity index (χ2v) is 6.61. The van der Waals surface area contributed by atoms with E-state index in [0.29, 0.717) is 0 Å². The highest BCUT2D eigenvalue weighted by Crippen LogP contribution is 2.74. The number of hydrogen-bond donors (Lipinski definition) is 0. The molecule has 4 atom stereocenters. The SMILES string of the molecule is CC(=O)OC1CCC(C)(C)C2(C(C)=O)C(C(C)=O)C12. The molecule has 2 rings (SSSR count). The molecule has 0 aromatic rings. The van der Waals surface area contributed by atoms with Crippen LogP contribution in [0.5, 0.6) is 0 Å². The molecule has 0 aliphatic heterocycles. The van der Waals surface area contributed by atoms with Gasteiger partial charge in [0.2, 0.25) is 0 Å². The van der Waals surface area contributed by atoms with Gasteiger partial charge in [0.1, 0.15) is 17.7 Å². The summed E-state index contributed by atoms with van der Waals surface area (Å²) < 4.78 is 5.35. The number of Topliss-reactive ketones (excluding diaryl/α,β-unsaturated/α-hetero) is 2. The van der Waals surface area contributed by atoms with Gasteiger partial charge in [-0.25, -0.2) is 0 Å². The van der Waals surface area contributed by atoms with E-state index in [4.69, 9.17) is 4.74 Å². The van der Waals surface area contributed by atoms with Crippen molar-refractivity contribution in [1.82, 2.24) is 0 Å². The van der Waals surface area contributed by atoms with Gasteiger partial charge in [-0.05, 0) is 32.1 Å². The fraction of sp³-hybridized carbons (Fsp3) is 0.800. The van der Waals surface area contributed by atoms with Crippen molar-refractivity contribution >= 4 is 17.5 Å². The molecule has 0 aromatic carbocycles. The molecule has 0 N–H and O–H groups in total. The zero-order valence-electron chi connectivity index (χ0n) is 12.3. The van der Waals surface area contributed by atoms with Crippen molar-refractivity contribution in [3.05, 3.63) is 0 Å². The summed E-state index contributed by atoms with van der Waals surface area (Å²) in [4.78, 5) is 35.3. The van der Waals surface area contributed by atoms with E-state index in [1.54, 1.807) is 6.92 Å². The highest BCUT2D eigenvalue weighted by molar-refractivity contribution is 5.98. The maximum atomic E-state index is 12.2. The van der Waals surface area contributed by atoms with Crippen molar-refractivity contribution in [3.63, 3.8) is 0 Å². The minimum Gasteiger partial charge on any atom is -0.462 e. The Bertz CT molecular complexity index is 451. The third kappa shape index (κ3) is 1.76. The van der Waals surface area contributed by atoms with E-state index in [9.17, 15) is 14.4 Å². The number of esters is 1. The third-order valence-corrected chi connectivity index (χ3v) is 5.18. The largest absolute Gasteiger partial charge is 0.462 e. The van der Waals surface area contributed by atoms with Crippen LogP contribution in [0, 0.1) is 22.7 Å². The molecule has 0 amide bonds. The van der Waals surface area contributed by atoms with Gasteiger partial charge >= 0.3 is 5.97 Å². The summed E-state index contributed by atoms with van der Waals surface area (Å²) in [5, 5.41) is 0. The zero-order valence-corrected chi connectivity index (χ0v) is 12.3. The second-order valence-electron chi connectivity index (χ2n) is 6.61. The van der Waals surface area contributed by atoms with Crippen molar-refractivity contribution in [3.8, 4) is 0 Å². The van der Waals surface area contributed by atoms with Crippen LogP contribution in [0.15, 0.2) is 0 Å². The number of rotatable bonds is 3. The fourth-order valence-corrected chi connectivity index (χ4v) is 4.53. The van der Waals surface area contributed by atoms with Gasteiger partial charge in [0.15, 0.2) is 0 Å². The molecule has 0 aromatic heterocycles. The van der Waals surface area contributed by atoms with Gasteiger partial charge in [-0.2, -0.15) is 0 Å². The molecule has 106 valence electrons. The zero-order chi connectivity index (χ0) is 14.6. The van der Waals surface area contributed by atoms with Crippen molar-refractivity contribution in [2.75, 3.05) is 0 Å². The number of carbonyl (C=O) groups excluding carboxylic acids is 3. The molecule has 4 heteroatoms. The number of ketones is 2. The van der Waals surface area contributed by atoms with Crippen LogP contribution in [0.25, 0.3) is 0 Å². The molecule has 0 heterocycles. The maximum Gasteiger partial charge on any atom is 0.302 e. The molecule has 2 aliphatic rings. The Kier molecular flexibility index (Phi) is 3.11. The van der Waals surface area contributed by atoms with Crippen molar-refractivity contribution in [2.24, 2.45) is 22.7 Å². The second kappa shape index (κ2) is 4.15. The lowest BCUT2D eigenvalue weighted by Crippen LogP contribution is -2.42. The van der Waals surface area contributed by atoms with Gasteiger partial charge in [0, 0.05) is 18.8 Å². The number of carbonyl (C=O) groups is 3. The summed E-state index contributed by atoms with van der Waals surface area (Å²) >= 11 is 0. The Hall–Kier alpha value is -1.19. The van der Waals surface area contributed by atoms with E-state index >= 15 is 0 Å². The summed E-state index contributed by atoms with van der Waals surface area (Å²) in [5.74, 6) is -0.662. The van der Waals surface area contributed by atoms with Crippen LogP contribution in [0.1, 0.15) is 47.5 Å². The van der Waals surface area contributed by atoms with Gasteiger partial charge in [-0.3, -0.25) is 14.4 Å². The molecule has 4 nitrogen and oxygen atoms in total. The van der Waals surface area contributed by atoms with E-state index in [1.165, 1.54) is 13.8 Å². The summed E-state index contributed by atoms with van der Waals surface area (Å²) in [6.07, 6.45) is 1.24. The highest BCUT2D eigenvalue weighted by Gasteiger charge is 2.79. The Labute approximate surface area is 113 Å². The lowest BCUT2D eigenvalue weighted by Gasteiger charge is -2.40. The highest BCUT2D eigenvalue weighted by atomic mass is 16.5. The molecule has 2 aliphatic carbocycles. The molecule has 19 heavy (non-hydrogen) atoms. The summed E-state index contributed by atoms with van der Waals surface area (Å²) in [6, 6.07) is 0. The van der Waals surface area contributed by atoms with E-state index in [0.717, 1.165) is 12.8 Å². The maximum absolute atomic E-state index is 12.2. The molecule has 2 saturated carbocycles. The third-order valence-electron chi connectivity index (χ3n) is 5.18. The number of hydrogen-bond acceptors (Lipinski definition) is 4. The van der Waals surface area contributed by atoms with Crippen LogP contribution in [-0.2, 0) is 19.1 Å². The predicted molar refractivity (Wildman–Crippen MR) is 69.3 cm³/mol. The van der Waals surface area contributed by atoms with Crippen LogP contribution in [0.3, 0.4) is 0 Å². The monoisotopic (exact) mass is 266 g/mol. The average molecular weight is 266 g/mol. The molecule has 0 bridgehead atoms. The number of fused-ring (bicyclic) bond motifs is 1. The van der Waals surface area contributed by atoms with Crippen LogP contribution >= 0.6 is 0 Å². The van der Waals surface area contributed by atoms with E-state index in [-0.39, 0.29) is 40.9 Å². The fourth-order valence-electron chi connectivity index (χ4n) is 4.53. The molecule has 2 fully saturated rings. The van der Waals surface area contributed by atoms with Crippen LogP contribution < -0.4 is 0 Å². The predicted octanol–water partition coefficient (Wildman–Crippen LogP) is 2.15. The van der Waals surface area contributed by atoms with Gasteiger partial charge in [0.25, 0.3) is 0 Å².